The molecular weight excluding hydrogens is 302 g/mol. The fraction of sp³-hybridized carbons (Fsp3) is 0.882. The zero-order valence-electron chi connectivity index (χ0n) is 14.0. The van der Waals surface area contributed by atoms with Crippen molar-refractivity contribution in [3.05, 3.63) is 0 Å². The summed E-state index contributed by atoms with van der Waals surface area (Å²) in [4.78, 5) is 22.2. The van der Waals surface area contributed by atoms with Gasteiger partial charge in [0.05, 0.1) is 13.0 Å². The molecule has 0 aromatic carbocycles. The molecule has 0 aromatic rings. The number of hydrogen-bond donors (Lipinski definition) is 1. The van der Waals surface area contributed by atoms with Gasteiger partial charge in [0, 0.05) is 6.54 Å². The second-order valence-corrected chi connectivity index (χ2v) is 5.90. The van der Waals surface area contributed by atoms with Crippen LogP contribution in [0.5, 0.6) is 0 Å². The summed E-state index contributed by atoms with van der Waals surface area (Å²) in [5.74, 6) is -0.594. The molecule has 1 amide bonds. The lowest BCUT2D eigenvalue weighted by atomic mass is 10.1. The molecule has 0 aliphatic heterocycles. The minimum absolute atomic E-state index is 0.0757. The molecular formula is C17H32ClNO3. The minimum atomic E-state index is -0.260. The van der Waals surface area contributed by atoms with Crippen molar-refractivity contribution in [2.24, 2.45) is 0 Å². The van der Waals surface area contributed by atoms with E-state index in [1.54, 1.807) is 0 Å². The number of esters is 1. The number of nitrogens with one attached hydrogen (secondary N) is 1. The average molecular weight is 334 g/mol. The number of ether oxygens (including phenoxy) is 1. The first-order valence-electron chi connectivity index (χ1n) is 8.69. The third-order valence-corrected chi connectivity index (χ3v) is 3.78. The standard InChI is InChI=1S/C17H32ClNO3/c1-2-3-4-5-6-7-8-9-10-11-14-22-17(21)12-13-19-16(20)15-18/h2-15H2,1H3,(H,19,20). The molecule has 22 heavy (non-hydrogen) atoms. The zero-order chi connectivity index (χ0) is 16.5. The Balaban J connectivity index is 3.18. The summed E-state index contributed by atoms with van der Waals surface area (Å²) in [6.07, 6.45) is 12.8. The van der Waals surface area contributed by atoms with Gasteiger partial charge >= 0.3 is 5.97 Å². The Labute approximate surface area is 140 Å². The molecule has 0 spiro atoms. The molecule has 130 valence electrons. The van der Waals surface area contributed by atoms with Crippen molar-refractivity contribution < 1.29 is 14.3 Å². The van der Waals surface area contributed by atoms with Crippen molar-refractivity contribution in [2.75, 3.05) is 19.0 Å². The highest BCUT2D eigenvalue weighted by Gasteiger charge is 2.04. The molecule has 0 unspecified atom stereocenters. The van der Waals surface area contributed by atoms with Crippen LogP contribution in [0.25, 0.3) is 0 Å². The molecule has 1 N–H and O–H groups in total. The Kier molecular flexibility index (Phi) is 16.0. The fourth-order valence-corrected chi connectivity index (χ4v) is 2.29. The predicted octanol–water partition coefficient (Wildman–Crippen LogP) is 4.20. The Morgan fingerprint density at radius 1 is 0.909 bits per heavy atom. The summed E-state index contributed by atoms with van der Waals surface area (Å²) in [5.41, 5.74) is 0. The Bertz CT molecular complexity index is 285. The number of hydrogen-bond acceptors (Lipinski definition) is 3. The van der Waals surface area contributed by atoms with E-state index in [-0.39, 0.29) is 24.2 Å². The number of alkyl halides is 1. The summed E-state index contributed by atoms with van der Waals surface area (Å²) in [7, 11) is 0. The highest BCUT2D eigenvalue weighted by atomic mass is 35.5. The second-order valence-electron chi connectivity index (χ2n) is 5.64. The van der Waals surface area contributed by atoms with E-state index in [0.717, 1.165) is 12.8 Å². The Morgan fingerprint density at radius 3 is 2.00 bits per heavy atom. The maximum Gasteiger partial charge on any atom is 0.307 e. The molecule has 0 aliphatic rings. The quantitative estimate of drug-likeness (QED) is 0.277. The first-order valence-corrected chi connectivity index (χ1v) is 9.22. The number of carbonyl (C=O) groups is 2. The molecule has 0 fully saturated rings. The molecule has 0 aromatic heterocycles. The normalized spacial score (nSPS) is 10.5. The van der Waals surface area contributed by atoms with E-state index in [2.05, 4.69) is 12.2 Å². The second kappa shape index (κ2) is 16.6. The largest absolute Gasteiger partial charge is 0.466 e. The number of amides is 1. The maximum atomic E-state index is 11.4. The SMILES string of the molecule is CCCCCCCCCCCCOC(=O)CCNC(=O)CCl. The van der Waals surface area contributed by atoms with Crippen LogP contribution in [0, 0.1) is 0 Å². The smallest absolute Gasteiger partial charge is 0.307 e. The van der Waals surface area contributed by atoms with Crippen LogP contribution < -0.4 is 5.32 Å². The molecule has 0 heterocycles. The highest BCUT2D eigenvalue weighted by molar-refractivity contribution is 6.27. The van der Waals surface area contributed by atoms with Crippen LogP contribution >= 0.6 is 11.6 Å². The number of halogens is 1. The third kappa shape index (κ3) is 15.6. The molecule has 0 rings (SSSR count). The summed E-state index contributed by atoms with van der Waals surface area (Å²) >= 11 is 5.33. The van der Waals surface area contributed by atoms with Crippen LogP contribution in [0.1, 0.15) is 77.6 Å². The van der Waals surface area contributed by atoms with Crippen molar-refractivity contribution in [2.45, 2.75) is 77.6 Å². The van der Waals surface area contributed by atoms with Gasteiger partial charge in [0.25, 0.3) is 0 Å². The van der Waals surface area contributed by atoms with Crippen LogP contribution in [-0.4, -0.2) is 30.9 Å². The third-order valence-electron chi connectivity index (χ3n) is 3.53. The predicted molar refractivity (Wildman–Crippen MR) is 91.1 cm³/mol. The fourth-order valence-electron chi connectivity index (χ4n) is 2.20. The van der Waals surface area contributed by atoms with Crippen LogP contribution in [0.4, 0.5) is 0 Å². The van der Waals surface area contributed by atoms with Crippen molar-refractivity contribution in [3.8, 4) is 0 Å². The van der Waals surface area contributed by atoms with Gasteiger partial charge in [0.15, 0.2) is 0 Å². The van der Waals surface area contributed by atoms with Gasteiger partial charge in [-0.2, -0.15) is 0 Å². The van der Waals surface area contributed by atoms with Crippen molar-refractivity contribution in [3.63, 3.8) is 0 Å². The van der Waals surface area contributed by atoms with Crippen molar-refractivity contribution >= 4 is 23.5 Å². The molecule has 5 heteroatoms. The lowest BCUT2D eigenvalue weighted by Gasteiger charge is -2.06. The number of unbranched alkanes of at least 4 members (excludes halogenated alkanes) is 9. The van der Waals surface area contributed by atoms with E-state index < -0.39 is 0 Å². The van der Waals surface area contributed by atoms with Gasteiger partial charge in [0.1, 0.15) is 5.88 Å². The van der Waals surface area contributed by atoms with Gasteiger partial charge in [-0.05, 0) is 6.42 Å². The van der Waals surface area contributed by atoms with Crippen LogP contribution in [0.2, 0.25) is 0 Å². The minimum Gasteiger partial charge on any atom is -0.466 e. The summed E-state index contributed by atoms with van der Waals surface area (Å²) in [5, 5.41) is 2.53. The molecule has 0 atom stereocenters. The van der Waals surface area contributed by atoms with Gasteiger partial charge in [-0.3, -0.25) is 9.59 Å². The first kappa shape index (κ1) is 21.2. The summed E-state index contributed by atoms with van der Waals surface area (Å²) < 4.78 is 5.11. The molecule has 0 radical (unpaired) electrons. The Hall–Kier alpha value is -0.770. The van der Waals surface area contributed by atoms with E-state index >= 15 is 0 Å². The summed E-state index contributed by atoms with van der Waals surface area (Å²) in [6, 6.07) is 0. The average Bonchev–Trinajstić information content (AvgIpc) is 2.52. The van der Waals surface area contributed by atoms with E-state index in [4.69, 9.17) is 16.3 Å². The summed E-state index contributed by atoms with van der Waals surface area (Å²) in [6.45, 7) is 3.02. The van der Waals surface area contributed by atoms with E-state index in [1.165, 1.54) is 51.4 Å². The van der Waals surface area contributed by atoms with Crippen LogP contribution in [0.15, 0.2) is 0 Å². The monoisotopic (exact) mass is 333 g/mol. The zero-order valence-corrected chi connectivity index (χ0v) is 14.8. The molecule has 0 saturated heterocycles. The van der Waals surface area contributed by atoms with Crippen molar-refractivity contribution in [1.82, 2.24) is 5.32 Å². The first-order chi connectivity index (χ1) is 10.7. The van der Waals surface area contributed by atoms with Gasteiger partial charge in [-0.25, -0.2) is 0 Å². The topological polar surface area (TPSA) is 55.4 Å². The lowest BCUT2D eigenvalue weighted by molar-refractivity contribution is -0.143. The number of carbonyl (C=O) groups excluding carboxylic acids is 2. The van der Waals surface area contributed by atoms with Crippen LogP contribution in [-0.2, 0) is 14.3 Å². The molecule has 4 nitrogen and oxygen atoms in total. The van der Waals surface area contributed by atoms with Gasteiger partial charge in [0.2, 0.25) is 5.91 Å². The molecule has 0 saturated carbocycles. The molecule has 0 bridgehead atoms. The Morgan fingerprint density at radius 2 is 1.45 bits per heavy atom. The van der Waals surface area contributed by atoms with Gasteiger partial charge < -0.3 is 10.1 Å². The van der Waals surface area contributed by atoms with E-state index in [1.807, 2.05) is 0 Å². The lowest BCUT2D eigenvalue weighted by Crippen LogP contribution is -2.27. The van der Waals surface area contributed by atoms with E-state index in [0.29, 0.717) is 13.2 Å². The van der Waals surface area contributed by atoms with E-state index in [9.17, 15) is 9.59 Å². The van der Waals surface area contributed by atoms with Gasteiger partial charge in [-0.1, -0.05) is 64.7 Å². The molecule has 0 aliphatic carbocycles. The highest BCUT2D eigenvalue weighted by Crippen LogP contribution is 2.10. The number of rotatable bonds is 15. The maximum absolute atomic E-state index is 11.4. The van der Waals surface area contributed by atoms with Gasteiger partial charge in [-0.15, -0.1) is 11.6 Å². The van der Waals surface area contributed by atoms with Crippen molar-refractivity contribution in [1.29, 1.82) is 0 Å². The van der Waals surface area contributed by atoms with Crippen LogP contribution in [0.3, 0.4) is 0 Å².